The molecule has 7 nitrogen and oxygen atoms in total. The van der Waals surface area contributed by atoms with Crippen LogP contribution < -0.4 is 21.5 Å². The molecule has 3 N–H and O–H groups in total. The Labute approximate surface area is 166 Å². The third-order valence-corrected chi connectivity index (χ3v) is 4.57. The number of halogens is 1. The van der Waals surface area contributed by atoms with Crippen molar-refractivity contribution >= 4 is 23.0 Å². The number of amides is 1. The van der Waals surface area contributed by atoms with Gasteiger partial charge in [0.15, 0.2) is 5.75 Å². The molecule has 0 radical (unpaired) electrons. The summed E-state index contributed by atoms with van der Waals surface area (Å²) < 4.78 is 13.1. The smallest absolute Gasteiger partial charge is 0.257 e. The Morgan fingerprint density at radius 1 is 1.03 bits per heavy atom. The number of para-hydroxylation sites is 1. The number of hydrogen-bond donors (Lipinski definition) is 3. The highest BCUT2D eigenvalue weighted by atomic mass is 19.1. The van der Waals surface area contributed by atoms with E-state index in [0.29, 0.717) is 0 Å². The van der Waals surface area contributed by atoms with Gasteiger partial charge in [-0.25, -0.2) is 4.39 Å². The summed E-state index contributed by atoms with van der Waals surface area (Å²) in [5, 5.41) is 16.1. The first-order valence-corrected chi connectivity index (χ1v) is 8.86. The molecule has 0 aliphatic heterocycles. The van der Waals surface area contributed by atoms with Crippen LogP contribution in [0.2, 0.25) is 0 Å². The molecule has 3 aromatic rings. The first-order chi connectivity index (χ1) is 13.7. The molecule has 1 atom stereocenters. The van der Waals surface area contributed by atoms with Gasteiger partial charge in [-0.05, 0) is 36.8 Å². The van der Waals surface area contributed by atoms with Crippen molar-refractivity contribution in [1.29, 1.82) is 0 Å². The number of anilines is 3. The number of phenolic OH excluding ortho intramolecular Hbond substituents is 1. The van der Waals surface area contributed by atoms with Gasteiger partial charge in [-0.2, -0.15) is 0 Å². The number of carbonyl (C=O) groups excluding carboxylic acids is 1. The molecular weight excluding hydrogens is 377 g/mol. The minimum Gasteiger partial charge on any atom is -0.505 e. The Bertz CT molecular complexity index is 1130. The molecule has 3 rings (SSSR count). The second kappa shape index (κ2) is 7.75. The lowest BCUT2D eigenvalue weighted by Crippen LogP contribution is -2.37. The number of hydrogen-bond acceptors (Lipinski definition) is 6. The monoisotopic (exact) mass is 397 g/mol. The predicted molar refractivity (Wildman–Crippen MR) is 109 cm³/mol. The fourth-order valence-electron chi connectivity index (χ4n) is 2.89. The van der Waals surface area contributed by atoms with Gasteiger partial charge in [-0.1, -0.05) is 18.2 Å². The fraction of sp³-hybridized carbons (Fsp3) is 0.190. The third kappa shape index (κ3) is 3.82. The van der Waals surface area contributed by atoms with E-state index >= 15 is 0 Å². The van der Waals surface area contributed by atoms with Crippen LogP contribution >= 0.6 is 0 Å². The highest BCUT2D eigenvalue weighted by molar-refractivity contribution is 5.99. The summed E-state index contributed by atoms with van der Waals surface area (Å²) in [6, 6.07) is 9.90. The number of nitrogens with one attached hydrogen (secondary N) is 2. The molecule has 0 unspecified atom stereocenters. The summed E-state index contributed by atoms with van der Waals surface area (Å²) in [4.78, 5) is 37.6. The van der Waals surface area contributed by atoms with Gasteiger partial charge in [0.2, 0.25) is 0 Å². The molecule has 150 valence electrons. The van der Waals surface area contributed by atoms with Crippen molar-refractivity contribution in [3.8, 4) is 5.75 Å². The van der Waals surface area contributed by atoms with Gasteiger partial charge < -0.3 is 20.6 Å². The Balaban J connectivity index is 1.87. The van der Waals surface area contributed by atoms with E-state index in [1.165, 1.54) is 29.2 Å². The minimum atomic E-state index is -0.734. The Morgan fingerprint density at radius 3 is 2.28 bits per heavy atom. The van der Waals surface area contributed by atoms with E-state index in [-0.39, 0.29) is 40.2 Å². The average molecular weight is 397 g/mol. The summed E-state index contributed by atoms with van der Waals surface area (Å²) in [7, 11) is 3.11. The number of carbonyl (C=O) groups is 1. The Morgan fingerprint density at radius 2 is 1.66 bits per heavy atom. The molecule has 0 saturated heterocycles. The summed E-state index contributed by atoms with van der Waals surface area (Å²) in [6.07, 6.45) is 0. The van der Waals surface area contributed by atoms with Gasteiger partial charge in [0.25, 0.3) is 16.8 Å². The first-order valence-electron chi connectivity index (χ1n) is 8.86. The van der Waals surface area contributed by atoms with Crippen LogP contribution in [0, 0.1) is 5.82 Å². The SMILES string of the molecule is C[C@H](Nc1c(Nc2cccc(C(=O)N(C)C)c2O)c(=O)c1=O)c1ccc(F)cc1. The normalized spacial score (nSPS) is 11.9. The van der Waals surface area contributed by atoms with Crippen molar-refractivity contribution < 1.29 is 14.3 Å². The lowest BCUT2D eigenvalue weighted by molar-refractivity contribution is 0.0824. The van der Waals surface area contributed by atoms with Gasteiger partial charge in [0, 0.05) is 20.1 Å². The van der Waals surface area contributed by atoms with E-state index in [1.54, 1.807) is 39.2 Å². The molecule has 0 spiro atoms. The van der Waals surface area contributed by atoms with Gasteiger partial charge in [-0.15, -0.1) is 0 Å². The number of aromatic hydroxyl groups is 1. The third-order valence-electron chi connectivity index (χ3n) is 4.57. The Hall–Kier alpha value is -3.68. The second-order valence-corrected chi connectivity index (χ2v) is 6.85. The maximum absolute atomic E-state index is 13.1. The molecule has 1 amide bonds. The molecular formula is C21H20FN3O4. The number of benzene rings is 2. The van der Waals surface area contributed by atoms with Gasteiger partial charge in [0.1, 0.15) is 17.2 Å². The van der Waals surface area contributed by atoms with Crippen LogP contribution in [0.5, 0.6) is 5.75 Å². The zero-order valence-corrected chi connectivity index (χ0v) is 16.1. The van der Waals surface area contributed by atoms with E-state index in [0.717, 1.165) is 5.56 Å². The number of nitrogens with zero attached hydrogens (tertiary/aromatic N) is 1. The lowest BCUT2D eigenvalue weighted by Gasteiger charge is -2.21. The zero-order chi connectivity index (χ0) is 21.3. The van der Waals surface area contributed by atoms with Crippen molar-refractivity contribution in [3.05, 3.63) is 79.9 Å². The molecule has 0 aliphatic rings. The molecule has 0 saturated carbocycles. The lowest BCUT2D eigenvalue weighted by atomic mass is 10.1. The van der Waals surface area contributed by atoms with E-state index in [9.17, 15) is 23.9 Å². The highest BCUT2D eigenvalue weighted by Crippen LogP contribution is 2.32. The molecule has 3 aromatic carbocycles. The summed E-state index contributed by atoms with van der Waals surface area (Å²) >= 11 is 0. The fourth-order valence-corrected chi connectivity index (χ4v) is 2.89. The van der Waals surface area contributed by atoms with Crippen LogP contribution in [-0.2, 0) is 0 Å². The molecule has 8 heteroatoms. The first kappa shape index (κ1) is 20.1. The predicted octanol–water partition coefficient (Wildman–Crippen LogP) is 2.75. The van der Waals surface area contributed by atoms with Crippen LogP contribution in [0.15, 0.2) is 52.1 Å². The van der Waals surface area contributed by atoms with Crippen LogP contribution in [0.4, 0.5) is 21.5 Å². The summed E-state index contributed by atoms with van der Waals surface area (Å²) in [5.41, 5.74) is -0.449. The minimum absolute atomic E-state index is 0.00582. The standard InChI is InChI=1S/C21H20FN3O4/c1-11(12-7-9-13(22)10-8-12)23-16-17(20(28)19(16)27)24-15-6-4-5-14(18(15)26)21(29)25(2)3/h4-11,23-24,26H,1-3H3/t11-/m0/s1. The van der Waals surface area contributed by atoms with Gasteiger partial charge in [-0.3, -0.25) is 14.4 Å². The largest absolute Gasteiger partial charge is 0.505 e. The molecule has 0 heterocycles. The van der Waals surface area contributed by atoms with Crippen molar-refractivity contribution in [2.75, 3.05) is 24.7 Å². The van der Waals surface area contributed by atoms with Gasteiger partial charge in [0.05, 0.1) is 11.3 Å². The van der Waals surface area contributed by atoms with Gasteiger partial charge >= 0.3 is 0 Å². The van der Waals surface area contributed by atoms with E-state index in [4.69, 9.17) is 0 Å². The van der Waals surface area contributed by atoms with Crippen LogP contribution in [0.3, 0.4) is 0 Å². The molecule has 0 fully saturated rings. The topological polar surface area (TPSA) is 98.7 Å². The zero-order valence-electron chi connectivity index (χ0n) is 16.1. The van der Waals surface area contributed by atoms with Crippen LogP contribution in [0.25, 0.3) is 0 Å². The maximum atomic E-state index is 13.1. The van der Waals surface area contributed by atoms with Crippen molar-refractivity contribution in [1.82, 2.24) is 4.90 Å². The van der Waals surface area contributed by atoms with E-state index in [1.807, 2.05) is 0 Å². The molecule has 0 aromatic heterocycles. The summed E-state index contributed by atoms with van der Waals surface area (Å²) in [5.74, 6) is -1.10. The van der Waals surface area contributed by atoms with Crippen molar-refractivity contribution in [3.63, 3.8) is 0 Å². The van der Waals surface area contributed by atoms with E-state index < -0.39 is 16.8 Å². The number of phenols is 1. The molecule has 0 aliphatic carbocycles. The second-order valence-electron chi connectivity index (χ2n) is 6.85. The van der Waals surface area contributed by atoms with E-state index in [2.05, 4.69) is 10.6 Å². The Kier molecular flexibility index (Phi) is 5.36. The maximum Gasteiger partial charge on any atom is 0.257 e. The quantitative estimate of drug-likeness (QED) is 0.437. The van der Waals surface area contributed by atoms with Crippen LogP contribution in [0.1, 0.15) is 28.9 Å². The van der Waals surface area contributed by atoms with Crippen LogP contribution in [-0.4, -0.2) is 30.0 Å². The van der Waals surface area contributed by atoms with Crippen molar-refractivity contribution in [2.24, 2.45) is 0 Å². The number of rotatable bonds is 6. The average Bonchev–Trinajstić information content (AvgIpc) is 2.71. The molecule has 29 heavy (non-hydrogen) atoms. The van der Waals surface area contributed by atoms with Crippen molar-refractivity contribution in [2.45, 2.75) is 13.0 Å². The highest BCUT2D eigenvalue weighted by Gasteiger charge is 2.24. The molecule has 0 bridgehead atoms. The summed E-state index contributed by atoms with van der Waals surface area (Å²) in [6.45, 7) is 1.77.